The number of anilines is 2. The Morgan fingerprint density at radius 1 is 1.16 bits per heavy atom. The van der Waals surface area contributed by atoms with E-state index in [0.29, 0.717) is 0 Å². The van der Waals surface area contributed by atoms with Crippen molar-refractivity contribution in [3.8, 4) is 0 Å². The van der Waals surface area contributed by atoms with Gasteiger partial charge in [-0.1, -0.05) is 6.92 Å². The summed E-state index contributed by atoms with van der Waals surface area (Å²) in [6, 6.07) is 6.11. The Labute approximate surface area is 125 Å². The molecule has 0 amide bonds. The quantitative estimate of drug-likeness (QED) is 0.836. The lowest BCUT2D eigenvalue weighted by atomic mass is 10.4. The highest BCUT2D eigenvalue weighted by Crippen LogP contribution is 2.23. The highest BCUT2D eigenvalue weighted by atomic mass is 79.9. The van der Waals surface area contributed by atoms with Crippen LogP contribution in [-0.4, -0.2) is 16.5 Å². The third kappa shape index (κ3) is 4.18. The molecule has 2 rings (SSSR count). The van der Waals surface area contributed by atoms with Crippen molar-refractivity contribution in [2.45, 2.75) is 26.8 Å². The van der Waals surface area contributed by atoms with Crippen LogP contribution in [0.4, 0.5) is 11.6 Å². The molecule has 2 aromatic heterocycles. The smallest absolute Gasteiger partial charge is 0.132 e. The number of thiophene rings is 1. The van der Waals surface area contributed by atoms with Gasteiger partial charge in [-0.25, -0.2) is 9.97 Å². The van der Waals surface area contributed by atoms with E-state index >= 15 is 0 Å². The third-order valence-electron chi connectivity index (χ3n) is 2.52. The van der Waals surface area contributed by atoms with Gasteiger partial charge in [0.15, 0.2) is 0 Å². The molecular formula is C13H17BrN4S. The maximum Gasteiger partial charge on any atom is 0.132 e. The van der Waals surface area contributed by atoms with Crippen LogP contribution in [0.2, 0.25) is 0 Å². The molecule has 0 fully saturated rings. The highest BCUT2D eigenvalue weighted by molar-refractivity contribution is 9.11. The lowest BCUT2D eigenvalue weighted by molar-refractivity contribution is 0.931. The molecule has 0 radical (unpaired) electrons. The van der Waals surface area contributed by atoms with Crippen molar-refractivity contribution < 1.29 is 0 Å². The summed E-state index contributed by atoms with van der Waals surface area (Å²) in [6.07, 6.45) is 0.832. The number of halogens is 1. The van der Waals surface area contributed by atoms with Crippen LogP contribution in [0, 0.1) is 0 Å². The fourth-order valence-electron chi connectivity index (χ4n) is 1.64. The number of aryl methyl sites for hydroxylation is 1. The minimum absolute atomic E-state index is 0.780. The monoisotopic (exact) mass is 340 g/mol. The van der Waals surface area contributed by atoms with Gasteiger partial charge in [0.2, 0.25) is 0 Å². The van der Waals surface area contributed by atoms with Crippen LogP contribution >= 0.6 is 27.3 Å². The van der Waals surface area contributed by atoms with Crippen molar-refractivity contribution >= 4 is 38.9 Å². The van der Waals surface area contributed by atoms with Crippen LogP contribution in [0.5, 0.6) is 0 Å². The van der Waals surface area contributed by atoms with Gasteiger partial charge in [-0.15, -0.1) is 11.3 Å². The number of hydrogen-bond acceptors (Lipinski definition) is 5. The molecule has 2 aromatic rings. The van der Waals surface area contributed by atoms with E-state index in [9.17, 15) is 0 Å². The molecule has 0 aliphatic rings. The number of aromatic nitrogens is 2. The summed E-state index contributed by atoms with van der Waals surface area (Å²) in [6.45, 7) is 5.76. The summed E-state index contributed by atoms with van der Waals surface area (Å²) in [7, 11) is 0. The van der Waals surface area contributed by atoms with Gasteiger partial charge in [0, 0.05) is 23.9 Å². The molecule has 0 saturated carbocycles. The SMILES string of the molecule is CCNc1cc(NCc2ccc(Br)s2)nc(CC)n1. The van der Waals surface area contributed by atoms with Crippen molar-refractivity contribution in [2.75, 3.05) is 17.2 Å². The van der Waals surface area contributed by atoms with Crippen molar-refractivity contribution in [1.29, 1.82) is 0 Å². The summed E-state index contributed by atoms with van der Waals surface area (Å²) in [5.74, 6) is 2.60. The van der Waals surface area contributed by atoms with Crippen LogP contribution in [0.15, 0.2) is 22.0 Å². The summed E-state index contributed by atoms with van der Waals surface area (Å²) in [5.41, 5.74) is 0. The number of nitrogens with one attached hydrogen (secondary N) is 2. The van der Waals surface area contributed by atoms with Crippen LogP contribution in [0.25, 0.3) is 0 Å². The van der Waals surface area contributed by atoms with E-state index in [1.54, 1.807) is 11.3 Å². The lowest BCUT2D eigenvalue weighted by Crippen LogP contribution is -2.07. The van der Waals surface area contributed by atoms with Gasteiger partial charge < -0.3 is 10.6 Å². The Bertz CT molecular complexity index is 541. The average Bonchev–Trinajstić information content (AvgIpc) is 2.82. The maximum absolute atomic E-state index is 4.49. The predicted octanol–water partition coefficient (Wildman–Crippen LogP) is 3.91. The normalized spacial score (nSPS) is 10.5. The zero-order chi connectivity index (χ0) is 13.7. The third-order valence-corrected chi connectivity index (χ3v) is 4.14. The molecule has 0 aliphatic carbocycles. The Morgan fingerprint density at radius 3 is 2.47 bits per heavy atom. The van der Waals surface area contributed by atoms with Gasteiger partial charge in [0.1, 0.15) is 17.5 Å². The van der Waals surface area contributed by atoms with E-state index in [1.807, 2.05) is 6.07 Å². The van der Waals surface area contributed by atoms with E-state index in [1.165, 1.54) is 4.88 Å². The van der Waals surface area contributed by atoms with Crippen LogP contribution in [0.1, 0.15) is 24.5 Å². The minimum Gasteiger partial charge on any atom is -0.370 e. The fourth-order valence-corrected chi connectivity index (χ4v) is 3.06. The highest BCUT2D eigenvalue weighted by Gasteiger charge is 2.04. The Morgan fingerprint density at radius 2 is 1.89 bits per heavy atom. The van der Waals surface area contributed by atoms with Crippen molar-refractivity contribution in [3.05, 3.63) is 32.7 Å². The second-order valence-electron chi connectivity index (χ2n) is 4.00. The van der Waals surface area contributed by atoms with Crippen LogP contribution in [0.3, 0.4) is 0 Å². The van der Waals surface area contributed by atoms with Gasteiger partial charge >= 0.3 is 0 Å². The van der Waals surface area contributed by atoms with E-state index in [0.717, 1.165) is 40.8 Å². The second kappa shape index (κ2) is 6.86. The first kappa shape index (κ1) is 14.3. The first-order chi connectivity index (χ1) is 9.21. The molecule has 4 nitrogen and oxygen atoms in total. The molecule has 2 N–H and O–H groups in total. The van der Waals surface area contributed by atoms with Gasteiger partial charge in [-0.2, -0.15) is 0 Å². The summed E-state index contributed by atoms with van der Waals surface area (Å²) in [5, 5.41) is 6.58. The molecule has 0 aromatic carbocycles. The average molecular weight is 341 g/mol. The van der Waals surface area contributed by atoms with Gasteiger partial charge in [-0.3, -0.25) is 0 Å². The molecule has 0 saturated heterocycles. The predicted molar refractivity (Wildman–Crippen MR) is 84.9 cm³/mol. The standard InChI is InChI=1S/C13H17BrN4S/c1-3-11-17-12(15-4-2)7-13(18-11)16-8-9-5-6-10(14)19-9/h5-7H,3-4,8H2,1-2H3,(H2,15,16,17,18). The van der Waals surface area contributed by atoms with Crippen molar-refractivity contribution in [1.82, 2.24) is 9.97 Å². The molecule has 0 aliphatic heterocycles. The zero-order valence-electron chi connectivity index (χ0n) is 11.0. The Hall–Kier alpha value is -1.14. The molecule has 2 heterocycles. The first-order valence-electron chi connectivity index (χ1n) is 6.31. The number of rotatable bonds is 6. The summed E-state index contributed by atoms with van der Waals surface area (Å²) in [4.78, 5) is 10.2. The van der Waals surface area contributed by atoms with Crippen molar-refractivity contribution in [2.24, 2.45) is 0 Å². The molecular weight excluding hydrogens is 324 g/mol. The summed E-state index contributed by atoms with van der Waals surface area (Å²) < 4.78 is 1.15. The Balaban J connectivity index is 2.08. The fraction of sp³-hybridized carbons (Fsp3) is 0.385. The molecule has 19 heavy (non-hydrogen) atoms. The van der Waals surface area contributed by atoms with Crippen LogP contribution < -0.4 is 10.6 Å². The molecule has 0 bridgehead atoms. The molecule has 0 atom stereocenters. The van der Waals surface area contributed by atoms with E-state index in [-0.39, 0.29) is 0 Å². The van der Waals surface area contributed by atoms with Gasteiger partial charge in [0.05, 0.1) is 10.3 Å². The topological polar surface area (TPSA) is 49.8 Å². The number of hydrogen-bond donors (Lipinski definition) is 2. The minimum atomic E-state index is 0.780. The molecule has 0 unspecified atom stereocenters. The number of nitrogens with zero attached hydrogens (tertiary/aromatic N) is 2. The van der Waals surface area contributed by atoms with Crippen molar-refractivity contribution in [3.63, 3.8) is 0 Å². The maximum atomic E-state index is 4.49. The second-order valence-corrected chi connectivity index (χ2v) is 6.55. The summed E-state index contributed by atoms with van der Waals surface area (Å²) >= 11 is 5.19. The van der Waals surface area contributed by atoms with E-state index in [2.05, 4.69) is 62.5 Å². The molecule has 6 heteroatoms. The zero-order valence-corrected chi connectivity index (χ0v) is 13.4. The first-order valence-corrected chi connectivity index (χ1v) is 7.92. The lowest BCUT2D eigenvalue weighted by Gasteiger charge is -2.09. The molecule has 102 valence electrons. The van der Waals surface area contributed by atoms with Crippen LogP contribution in [-0.2, 0) is 13.0 Å². The van der Waals surface area contributed by atoms with E-state index < -0.39 is 0 Å². The van der Waals surface area contributed by atoms with E-state index in [4.69, 9.17) is 0 Å². The molecule has 0 spiro atoms. The Kier molecular flexibility index (Phi) is 5.15. The van der Waals surface area contributed by atoms with Gasteiger partial charge in [-0.05, 0) is 35.0 Å². The van der Waals surface area contributed by atoms with Gasteiger partial charge in [0.25, 0.3) is 0 Å². The largest absolute Gasteiger partial charge is 0.370 e.